The molecule has 5 heteroatoms. The highest BCUT2D eigenvalue weighted by molar-refractivity contribution is 7.08. The van der Waals surface area contributed by atoms with Crippen molar-refractivity contribution in [1.82, 2.24) is 9.97 Å². The molecule has 0 radical (unpaired) electrons. The van der Waals surface area contributed by atoms with E-state index in [9.17, 15) is 0 Å². The first-order valence-corrected chi connectivity index (χ1v) is 6.61. The normalized spacial score (nSPS) is 10.2. The Morgan fingerprint density at radius 2 is 2.24 bits per heavy atom. The van der Waals surface area contributed by atoms with Gasteiger partial charge in [-0.25, -0.2) is 4.98 Å². The second kappa shape index (κ2) is 5.63. The molecule has 2 aromatic rings. The monoisotopic (exact) mass is 248 g/mol. The Labute approximate surface area is 105 Å². The minimum Gasteiger partial charge on any atom is -0.354 e. The van der Waals surface area contributed by atoms with Crippen molar-refractivity contribution >= 4 is 28.8 Å². The molecule has 2 aromatic heterocycles. The minimum atomic E-state index is 0.685. The first-order chi connectivity index (χ1) is 8.28. The van der Waals surface area contributed by atoms with Crippen molar-refractivity contribution in [2.45, 2.75) is 20.3 Å². The van der Waals surface area contributed by atoms with Crippen molar-refractivity contribution in [2.24, 2.45) is 0 Å². The van der Waals surface area contributed by atoms with E-state index in [1.54, 1.807) is 11.3 Å². The van der Waals surface area contributed by atoms with Gasteiger partial charge in [0.15, 0.2) is 0 Å². The quantitative estimate of drug-likeness (QED) is 0.851. The minimum absolute atomic E-state index is 0.685. The zero-order valence-corrected chi connectivity index (χ0v) is 10.8. The second-order valence-electron chi connectivity index (χ2n) is 3.78. The lowest BCUT2D eigenvalue weighted by molar-refractivity contribution is 0.947. The number of nitrogens with one attached hydrogen (secondary N) is 2. The Hall–Kier alpha value is -1.62. The molecule has 0 aliphatic rings. The lowest BCUT2D eigenvalue weighted by atomic mass is 10.4. The van der Waals surface area contributed by atoms with Crippen LogP contribution >= 0.6 is 11.3 Å². The number of rotatable bonds is 5. The third-order valence-electron chi connectivity index (χ3n) is 2.18. The molecule has 17 heavy (non-hydrogen) atoms. The van der Waals surface area contributed by atoms with Crippen LogP contribution in [0.3, 0.4) is 0 Å². The van der Waals surface area contributed by atoms with Crippen molar-refractivity contribution in [3.8, 4) is 0 Å². The standard InChI is InChI=1S/C12H16N4S/c1-3-5-13-12-14-9(2)7-11(16-12)15-10-4-6-17-8-10/h4,6-8H,3,5H2,1-2H3,(H2,13,14,15,16). The summed E-state index contributed by atoms with van der Waals surface area (Å²) in [5, 5.41) is 10.5. The summed E-state index contributed by atoms with van der Waals surface area (Å²) in [4.78, 5) is 8.76. The molecular weight excluding hydrogens is 232 g/mol. The summed E-state index contributed by atoms with van der Waals surface area (Å²) in [5.41, 5.74) is 2.02. The molecule has 0 fully saturated rings. The van der Waals surface area contributed by atoms with Crippen LogP contribution in [0.4, 0.5) is 17.5 Å². The van der Waals surface area contributed by atoms with Crippen LogP contribution in [-0.2, 0) is 0 Å². The van der Waals surface area contributed by atoms with E-state index in [2.05, 4.69) is 32.9 Å². The lowest BCUT2D eigenvalue weighted by Gasteiger charge is -2.08. The van der Waals surface area contributed by atoms with Crippen LogP contribution in [0.2, 0.25) is 0 Å². The van der Waals surface area contributed by atoms with Gasteiger partial charge in [0, 0.05) is 23.7 Å². The molecule has 0 aromatic carbocycles. The smallest absolute Gasteiger partial charge is 0.224 e. The Bertz CT molecular complexity index is 467. The predicted octanol–water partition coefficient (Wildman–Crippen LogP) is 3.41. The van der Waals surface area contributed by atoms with Gasteiger partial charge in [0.2, 0.25) is 5.95 Å². The SMILES string of the molecule is CCCNc1nc(C)cc(Nc2ccsc2)n1. The molecule has 4 nitrogen and oxygen atoms in total. The number of thiophene rings is 1. The largest absolute Gasteiger partial charge is 0.354 e. The van der Waals surface area contributed by atoms with Crippen LogP contribution in [0.1, 0.15) is 19.0 Å². The molecule has 0 atom stereocenters. The van der Waals surface area contributed by atoms with Gasteiger partial charge in [-0.15, -0.1) is 0 Å². The van der Waals surface area contributed by atoms with Crippen LogP contribution in [-0.4, -0.2) is 16.5 Å². The Balaban J connectivity index is 2.13. The average molecular weight is 248 g/mol. The zero-order chi connectivity index (χ0) is 12.1. The van der Waals surface area contributed by atoms with E-state index in [1.165, 1.54) is 0 Å². The Morgan fingerprint density at radius 3 is 2.94 bits per heavy atom. The average Bonchev–Trinajstić information content (AvgIpc) is 2.78. The summed E-state index contributed by atoms with van der Waals surface area (Å²) in [5.74, 6) is 1.51. The van der Waals surface area contributed by atoms with Crippen LogP contribution in [0.25, 0.3) is 0 Å². The number of anilines is 3. The van der Waals surface area contributed by atoms with Crippen molar-refractivity contribution < 1.29 is 0 Å². The summed E-state index contributed by atoms with van der Waals surface area (Å²) in [6.07, 6.45) is 1.06. The Morgan fingerprint density at radius 1 is 1.35 bits per heavy atom. The van der Waals surface area contributed by atoms with E-state index in [0.717, 1.165) is 30.2 Å². The molecule has 0 saturated heterocycles. The van der Waals surface area contributed by atoms with Gasteiger partial charge in [-0.2, -0.15) is 16.3 Å². The summed E-state index contributed by atoms with van der Waals surface area (Å²) in [7, 11) is 0. The highest BCUT2D eigenvalue weighted by Gasteiger charge is 2.02. The van der Waals surface area contributed by atoms with Crippen molar-refractivity contribution in [2.75, 3.05) is 17.2 Å². The van der Waals surface area contributed by atoms with Gasteiger partial charge in [-0.05, 0) is 24.8 Å². The highest BCUT2D eigenvalue weighted by Crippen LogP contribution is 2.18. The molecule has 0 amide bonds. The zero-order valence-electron chi connectivity index (χ0n) is 10.0. The lowest BCUT2D eigenvalue weighted by Crippen LogP contribution is -2.06. The van der Waals surface area contributed by atoms with Crippen molar-refractivity contribution in [3.05, 3.63) is 28.6 Å². The van der Waals surface area contributed by atoms with E-state index in [4.69, 9.17) is 0 Å². The molecule has 0 aliphatic heterocycles. The van der Waals surface area contributed by atoms with Crippen LogP contribution in [0.5, 0.6) is 0 Å². The van der Waals surface area contributed by atoms with E-state index < -0.39 is 0 Å². The maximum atomic E-state index is 4.42. The fraction of sp³-hybridized carbons (Fsp3) is 0.333. The number of nitrogens with zero attached hydrogens (tertiary/aromatic N) is 2. The van der Waals surface area contributed by atoms with Gasteiger partial charge in [0.05, 0.1) is 5.69 Å². The van der Waals surface area contributed by atoms with Crippen LogP contribution in [0.15, 0.2) is 22.9 Å². The molecule has 0 saturated carbocycles. The third kappa shape index (κ3) is 3.42. The number of aryl methyl sites for hydroxylation is 1. The predicted molar refractivity (Wildman–Crippen MR) is 73.2 cm³/mol. The van der Waals surface area contributed by atoms with Gasteiger partial charge in [0.25, 0.3) is 0 Å². The van der Waals surface area contributed by atoms with Crippen molar-refractivity contribution in [1.29, 1.82) is 0 Å². The first-order valence-electron chi connectivity index (χ1n) is 5.66. The molecule has 2 rings (SSSR count). The first kappa shape index (κ1) is 11.9. The Kier molecular flexibility index (Phi) is 3.93. The van der Waals surface area contributed by atoms with Gasteiger partial charge >= 0.3 is 0 Å². The van der Waals surface area contributed by atoms with Gasteiger partial charge in [-0.1, -0.05) is 6.92 Å². The molecule has 0 aliphatic carbocycles. The molecule has 0 bridgehead atoms. The fourth-order valence-electron chi connectivity index (χ4n) is 1.43. The molecular formula is C12H16N4S. The van der Waals surface area contributed by atoms with Crippen LogP contribution < -0.4 is 10.6 Å². The van der Waals surface area contributed by atoms with E-state index >= 15 is 0 Å². The second-order valence-corrected chi connectivity index (χ2v) is 4.56. The van der Waals surface area contributed by atoms with Gasteiger partial charge in [-0.3, -0.25) is 0 Å². The maximum absolute atomic E-state index is 4.42. The third-order valence-corrected chi connectivity index (χ3v) is 2.86. The molecule has 0 spiro atoms. The van der Waals surface area contributed by atoms with Gasteiger partial charge < -0.3 is 10.6 Å². The summed E-state index contributed by atoms with van der Waals surface area (Å²) in [6.45, 7) is 4.98. The van der Waals surface area contributed by atoms with Crippen molar-refractivity contribution in [3.63, 3.8) is 0 Å². The van der Waals surface area contributed by atoms with E-state index in [-0.39, 0.29) is 0 Å². The highest BCUT2D eigenvalue weighted by atomic mass is 32.1. The number of hydrogen-bond donors (Lipinski definition) is 2. The number of aromatic nitrogens is 2. The maximum Gasteiger partial charge on any atom is 0.224 e. The summed E-state index contributed by atoms with van der Waals surface area (Å²) in [6, 6.07) is 3.97. The van der Waals surface area contributed by atoms with Gasteiger partial charge in [0.1, 0.15) is 5.82 Å². The van der Waals surface area contributed by atoms with E-state index in [0.29, 0.717) is 5.95 Å². The molecule has 2 N–H and O–H groups in total. The number of hydrogen-bond acceptors (Lipinski definition) is 5. The molecule has 90 valence electrons. The molecule has 2 heterocycles. The molecule has 0 unspecified atom stereocenters. The topological polar surface area (TPSA) is 49.8 Å². The van der Waals surface area contributed by atoms with Crippen LogP contribution in [0, 0.1) is 6.92 Å². The van der Waals surface area contributed by atoms with E-state index in [1.807, 2.05) is 24.4 Å². The fourth-order valence-corrected chi connectivity index (χ4v) is 2.02. The summed E-state index contributed by atoms with van der Waals surface area (Å²) < 4.78 is 0. The summed E-state index contributed by atoms with van der Waals surface area (Å²) >= 11 is 1.66.